The van der Waals surface area contributed by atoms with Crippen molar-refractivity contribution >= 4 is 29.1 Å². The molecule has 0 saturated heterocycles. The Morgan fingerprint density at radius 2 is 2.43 bits per heavy atom. The number of esters is 1. The molecule has 0 aliphatic carbocycles. The number of thioether (sulfide) groups is 1. The van der Waals surface area contributed by atoms with E-state index in [2.05, 4.69) is 16.0 Å². The molecule has 2 aromatic rings. The van der Waals surface area contributed by atoms with Gasteiger partial charge < -0.3 is 14.4 Å². The number of nitriles is 1. The van der Waals surface area contributed by atoms with Crippen molar-refractivity contribution in [2.24, 2.45) is 0 Å². The first-order valence-electron chi connectivity index (χ1n) is 6.96. The fourth-order valence-corrected chi connectivity index (χ4v) is 3.64. The number of hydrogen-bond donors (Lipinski definition) is 1. The second kappa shape index (κ2) is 8.67. The lowest BCUT2D eigenvalue weighted by atomic mass is 10.4. The minimum atomic E-state index is -0.418. The van der Waals surface area contributed by atoms with E-state index in [1.165, 1.54) is 23.1 Å². The number of carbonyl (C=O) groups excluding carboxylic acids is 1. The van der Waals surface area contributed by atoms with E-state index in [0.29, 0.717) is 36.7 Å². The number of carbonyl (C=O) groups is 1. The molecule has 0 aliphatic heterocycles. The lowest BCUT2D eigenvalue weighted by Gasteiger charge is -2.07. The van der Waals surface area contributed by atoms with Crippen LogP contribution in [0.3, 0.4) is 0 Å². The molecule has 0 amide bonds. The van der Waals surface area contributed by atoms with Crippen LogP contribution in [-0.2, 0) is 23.6 Å². The maximum absolute atomic E-state index is 11.6. The average molecular weight is 352 g/mol. The Balaban J connectivity index is 2.02. The highest BCUT2D eigenvalue weighted by Crippen LogP contribution is 2.25. The lowest BCUT2D eigenvalue weighted by molar-refractivity contribution is 0.0520. The second-order valence-corrected chi connectivity index (χ2v) is 6.27. The van der Waals surface area contributed by atoms with Gasteiger partial charge in [-0.1, -0.05) is 11.8 Å². The Bertz CT molecular complexity index is 705. The molecule has 2 rings (SSSR count). The third kappa shape index (κ3) is 4.54. The van der Waals surface area contributed by atoms with E-state index in [1.807, 2.05) is 4.57 Å². The van der Waals surface area contributed by atoms with Crippen molar-refractivity contribution < 1.29 is 14.6 Å². The van der Waals surface area contributed by atoms with E-state index in [-0.39, 0.29) is 6.61 Å². The fourth-order valence-electron chi connectivity index (χ4n) is 1.84. The van der Waals surface area contributed by atoms with Gasteiger partial charge in [-0.05, 0) is 6.92 Å². The van der Waals surface area contributed by atoms with Crippen molar-refractivity contribution in [3.63, 3.8) is 0 Å². The zero-order valence-electron chi connectivity index (χ0n) is 12.6. The number of aliphatic hydroxyl groups excluding tert-OH is 1. The summed E-state index contributed by atoms with van der Waals surface area (Å²) in [6.07, 6.45) is 1.95. The number of thiazole rings is 1. The summed E-state index contributed by atoms with van der Waals surface area (Å²) in [6, 6.07) is 2.08. The highest BCUT2D eigenvalue weighted by molar-refractivity contribution is 7.98. The molecule has 0 aromatic carbocycles. The summed E-state index contributed by atoms with van der Waals surface area (Å²) in [4.78, 5) is 20.1. The van der Waals surface area contributed by atoms with E-state index in [0.717, 1.165) is 10.2 Å². The second-order valence-electron chi connectivity index (χ2n) is 4.39. The van der Waals surface area contributed by atoms with Crippen molar-refractivity contribution in [3.05, 3.63) is 28.0 Å². The molecule has 0 saturated carbocycles. The number of imidazole rings is 1. The zero-order valence-corrected chi connectivity index (χ0v) is 14.2. The Morgan fingerprint density at radius 3 is 3.13 bits per heavy atom. The first-order chi connectivity index (χ1) is 11.2. The van der Waals surface area contributed by atoms with Crippen LogP contribution in [0, 0.1) is 11.3 Å². The van der Waals surface area contributed by atoms with Crippen molar-refractivity contribution in [1.29, 1.82) is 5.26 Å². The molecule has 0 aliphatic rings. The van der Waals surface area contributed by atoms with E-state index >= 15 is 0 Å². The summed E-state index contributed by atoms with van der Waals surface area (Å²) in [5.41, 5.74) is 0.991. The van der Waals surface area contributed by atoms with Gasteiger partial charge in [0.15, 0.2) is 10.9 Å². The molecule has 0 radical (unpaired) electrons. The topological polar surface area (TPSA) is 101 Å². The summed E-state index contributed by atoms with van der Waals surface area (Å²) < 4.78 is 6.74. The molecule has 0 fully saturated rings. The molecule has 0 atom stereocenters. The fraction of sp³-hybridized carbons (Fsp3) is 0.429. The number of nitrogens with zero attached hydrogens (tertiary/aromatic N) is 4. The quantitative estimate of drug-likeness (QED) is 0.574. The SMILES string of the molecule is CCOC(=O)c1csc(CSc2ncc(CO)n2CCC#N)n1. The summed E-state index contributed by atoms with van der Waals surface area (Å²) in [5.74, 6) is 0.136. The number of rotatable bonds is 8. The van der Waals surface area contributed by atoms with Crippen molar-refractivity contribution in [3.8, 4) is 6.07 Å². The van der Waals surface area contributed by atoms with Crippen molar-refractivity contribution in [2.75, 3.05) is 6.61 Å². The van der Waals surface area contributed by atoms with E-state index < -0.39 is 5.97 Å². The lowest BCUT2D eigenvalue weighted by Crippen LogP contribution is -2.05. The van der Waals surface area contributed by atoms with E-state index in [1.54, 1.807) is 18.5 Å². The van der Waals surface area contributed by atoms with Crippen LogP contribution in [0.2, 0.25) is 0 Å². The minimum Gasteiger partial charge on any atom is -0.461 e. The highest BCUT2D eigenvalue weighted by atomic mass is 32.2. The van der Waals surface area contributed by atoms with Gasteiger partial charge >= 0.3 is 5.97 Å². The highest BCUT2D eigenvalue weighted by Gasteiger charge is 2.14. The molecule has 1 N–H and O–H groups in total. The molecule has 0 unspecified atom stereocenters. The van der Waals surface area contributed by atoms with Crippen molar-refractivity contribution in [2.45, 2.75) is 37.4 Å². The Hall–Kier alpha value is -1.89. The molecule has 122 valence electrons. The monoisotopic (exact) mass is 352 g/mol. The van der Waals surface area contributed by atoms with Crippen LogP contribution < -0.4 is 0 Å². The third-order valence-corrected chi connectivity index (χ3v) is 4.91. The largest absolute Gasteiger partial charge is 0.461 e. The number of aliphatic hydroxyl groups is 1. The maximum atomic E-state index is 11.6. The average Bonchev–Trinajstić information content (AvgIpc) is 3.17. The zero-order chi connectivity index (χ0) is 16.7. The van der Waals surface area contributed by atoms with Gasteiger partial charge in [-0.2, -0.15) is 5.26 Å². The normalized spacial score (nSPS) is 10.5. The Labute approximate surface area is 141 Å². The summed E-state index contributed by atoms with van der Waals surface area (Å²) in [7, 11) is 0. The smallest absolute Gasteiger partial charge is 0.357 e. The summed E-state index contributed by atoms with van der Waals surface area (Å²) >= 11 is 2.84. The third-order valence-electron chi connectivity index (χ3n) is 2.87. The standard InChI is InChI=1S/C14H16N4O3S2/c1-2-21-13(20)11-8-22-12(17-11)9-23-14-16-6-10(7-19)18(14)5-3-4-15/h6,8,19H,2-3,5,7,9H2,1H3. The summed E-state index contributed by atoms with van der Waals surface area (Å²) in [5, 5.41) is 21.2. The van der Waals surface area contributed by atoms with Gasteiger partial charge in [0.05, 0.1) is 43.3 Å². The van der Waals surface area contributed by atoms with E-state index in [4.69, 9.17) is 10.00 Å². The van der Waals surface area contributed by atoms with Gasteiger partial charge in [0.25, 0.3) is 0 Å². The predicted octanol–water partition coefficient (Wildman–Crippen LogP) is 2.21. The Kier molecular flexibility index (Phi) is 6.58. The van der Waals surface area contributed by atoms with Crippen LogP contribution in [-0.4, -0.2) is 32.2 Å². The molecular formula is C14H16N4O3S2. The van der Waals surface area contributed by atoms with Crippen molar-refractivity contribution in [1.82, 2.24) is 14.5 Å². The molecule has 2 aromatic heterocycles. The van der Waals surface area contributed by atoms with Gasteiger partial charge in [0.1, 0.15) is 5.01 Å². The molecule has 7 nitrogen and oxygen atoms in total. The first-order valence-corrected chi connectivity index (χ1v) is 8.82. The Morgan fingerprint density at radius 1 is 1.61 bits per heavy atom. The summed E-state index contributed by atoms with van der Waals surface area (Å²) in [6.45, 7) is 2.44. The van der Waals surface area contributed by atoms with Gasteiger partial charge in [-0.25, -0.2) is 14.8 Å². The van der Waals surface area contributed by atoms with Gasteiger partial charge in [-0.15, -0.1) is 11.3 Å². The minimum absolute atomic E-state index is 0.122. The molecule has 23 heavy (non-hydrogen) atoms. The van der Waals surface area contributed by atoms with Gasteiger partial charge in [0.2, 0.25) is 0 Å². The van der Waals surface area contributed by atoms with Gasteiger partial charge in [-0.3, -0.25) is 0 Å². The molecule has 2 heterocycles. The first kappa shape index (κ1) is 17.5. The van der Waals surface area contributed by atoms with Crippen LogP contribution in [0.15, 0.2) is 16.7 Å². The van der Waals surface area contributed by atoms with Crippen LogP contribution in [0.4, 0.5) is 0 Å². The van der Waals surface area contributed by atoms with Crippen LogP contribution in [0.25, 0.3) is 0 Å². The molecule has 0 bridgehead atoms. The predicted molar refractivity (Wildman–Crippen MR) is 86.0 cm³/mol. The molecule has 9 heteroatoms. The molecular weight excluding hydrogens is 336 g/mol. The van der Waals surface area contributed by atoms with Crippen LogP contribution in [0.5, 0.6) is 0 Å². The number of ether oxygens (including phenoxy) is 1. The van der Waals surface area contributed by atoms with Gasteiger partial charge in [0, 0.05) is 11.9 Å². The maximum Gasteiger partial charge on any atom is 0.357 e. The number of aromatic nitrogens is 3. The number of hydrogen-bond acceptors (Lipinski definition) is 8. The molecule has 0 spiro atoms. The van der Waals surface area contributed by atoms with Crippen LogP contribution in [0.1, 0.15) is 34.5 Å². The van der Waals surface area contributed by atoms with E-state index in [9.17, 15) is 9.90 Å². The van der Waals surface area contributed by atoms with Crippen LogP contribution >= 0.6 is 23.1 Å².